The first-order valence-corrected chi connectivity index (χ1v) is 10.0. The van der Waals surface area contributed by atoms with E-state index < -0.39 is 0 Å². The Labute approximate surface area is 159 Å². The predicted octanol–water partition coefficient (Wildman–Crippen LogP) is 4.03. The van der Waals surface area contributed by atoms with Gasteiger partial charge >= 0.3 is 6.09 Å². The van der Waals surface area contributed by atoms with Gasteiger partial charge in [0.05, 0.1) is 6.10 Å². The van der Waals surface area contributed by atoms with Crippen LogP contribution in [-0.4, -0.2) is 41.9 Å². The Bertz CT molecular complexity index is 805. The zero-order valence-corrected chi connectivity index (χ0v) is 15.4. The van der Waals surface area contributed by atoms with Crippen molar-refractivity contribution in [3.63, 3.8) is 0 Å². The number of likely N-dealkylation sites (tertiary alicyclic amines) is 1. The van der Waals surface area contributed by atoms with E-state index in [2.05, 4.69) is 36.4 Å². The molecule has 2 aromatic carbocycles. The number of nitrogens with zero attached hydrogens (tertiary/aromatic N) is 1. The van der Waals surface area contributed by atoms with Crippen LogP contribution in [0.5, 0.6) is 0 Å². The smallest absolute Gasteiger partial charge is 0.409 e. The number of amides is 1. The van der Waals surface area contributed by atoms with E-state index in [0.29, 0.717) is 19.7 Å². The van der Waals surface area contributed by atoms with Crippen molar-refractivity contribution in [2.75, 3.05) is 19.7 Å². The zero-order valence-electron chi connectivity index (χ0n) is 15.4. The highest BCUT2D eigenvalue weighted by atomic mass is 16.6. The highest BCUT2D eigenvalue weighted by Crippen LogP contribution is 2.44. The van der Waals surface area contributed by atoms with Crippen LogP contribution >= 0.6 is 0 Å². The zero-order chi connectivity index (χ0) is 18.4. The topological polar surface area (TPSA) is 49.8 Å². The van der Waals surface area contributed by atoms with E-state index in [9.17, 15) is 9.90 Å². The molecule has 0 spiro atoms. The number of carbonyl (C=O) groups is 1. The summed E-state index contributed by atoms with van der Waals surface area (Å²) in [6.45, 7) is 1.60. The second-order valence-electron chi connectivity index (χ2n) is 8.15. The Hall–Kier alpha value is -2.33. The van der Waals surface area contributed by atoms with Gasteiger partial charge in [-0.25, -0.2) is 4.79 Å². The average molecular weight is 363 g/mol. The molecule has 140 valence electrons. The minimum Gasteiger partial charge on any atom is -0.448 e. The normalized spacial score (nSPS) is 26.4. The highest BCUT2D eigenvalue weighted by Gasteiger charge is 2.40. The van der Waals surface area contributed by atoms with Crippen LogP contribution in [0.4, 0.5) is 4.79 Å². The molecule has 0 aromatic heterocycles. The Morgan fingerprint density at radius 1 is 0.963 bits per heavy atom. The number of ether oxygens (including phenoxy) is 1. The van der Waals surface area contributed by atoms with Crippen LogP contribution in [-0.2, 0) is 4.74 Å². The fourth-order valence-corrected chi connectivity index (χ4v) is 5.24. The summed E-state index contributed by atoms with van der Waals surface area (Å²) in [7, 11) is 0. The molecule has 4 nitrogen and oxygen atoms in total. The summed E-state index contributed by atoms with van der Waals surface area (Å²) in [5, 5.41) is 10.3. The number of aliphatic hydroxyl groups is 1. The molecule has 1 saturated heterocycles. The van der Waals surface area contributed by atoms with Crippen molar-refractivity contribution in [1.29, 1.82) is 0 Å². The first-order valence-electron chi connectivity index (χ1n) is 10.0. The molecule has 0 radical (unpaired) electrons. The predicted molar refractivity (Wildman–Crippen MR) is 103 cm³/mol. The first kappa shape index (κ1) is 16.8. The lowest BCUT2D eigenvalue weighted by Gasteiger charge is -2.44. The summed E-state index contributed by atoms with van der Waals surface area (Å²) in [5.74, 6) is 0.507. The van der Waals surface area contributed by atoms with Crippen LogP contribution in [0.3, 0.4) is 0 Å². The van der Waals surface area contributed by atoms with Crippen molar-refractivity contribution in [3.8, 4) is 11.1 Å². The van der Waals surface area contributed by atoms with E-state index in [1.54, 1.807) is 0 Å². The molecular weight excluding hydrogens is 338 g/mol. The summed E-state index contributed by atoms with van der Waals surface area (Å²) >= 11 is 0. The molecule has 2 unspecified atom stereocenters. The Kier molecular flexibility index (Phi) is 4.16. The highest BCUT2D eigenvalue weighted by molar-refractivity contribution is 5.79. The molecule has 4 heteroatoms. The van der Waals surface area contributed by atoms with Gasteiger partial charge < -0.3 is 14.7 Å². The summed E-state index contributed by atoms with van der Waals surface area (Å²) < 4.78 is 5.79. The van der Waals surface area contributed by atoms with Gasteiger partial charge in [-0.15, -0.1) is 0 Å². The lowest BCUT2D eigenvalue weighted by Crippen LogP contribution is -2.53. The number of carbonyl (C=O) groups excluding carboxylic acids is 1. The molecular formula is C23H25NO3. The van der Waals surface area contributed by atoms with Crippen LogP contribution in [0.25, 0.3) is 11.1 Å². The molecule has 1 heterocycles. The van der Waals surface area contributed by atoms with Gasteiger partial charge in [-0.3, -0.25) is 0 Å². The van der Waals surface area contributed by atoms with Crippen LogP contribution in [0, 0.1) is 11.8 Å². The van der Waals surface area contributed by atoms with E-state index in [4.69, 9.17) is 4.74 Å². The molecule has 2 aromatic rings. The molecule has 2 bridgehead atoms. The number of hydrogen-bond acceptors (Lipinski definition) is 3. The number of aliphatic hydroxyl groups excluding tert-OH is 1. The standard InChI is InChI=1S/C23H25NO3/c25-22-15-6-5-7-16(22)13-24(12-15)23(26)27-14-21-19-10-3-1-8-17(19)18-9-2-4-11-20(18)21/h1-4,8-11,15-16,21-22,25H,5-7,12-14H2. The van der Waals surface area contributed by atoms with Gasteiger partial charge in [-0.05, 0) is 35.1 Å². The molecule has 1 aliphatic heterocycles. The van der Waals surface area contributed by atoms with E-state index >= 15 is 0 Å². The molecule has 1 N–H and O–H groups in total. The number of fused-ring (bicyclic) bond motifs is 5. The molecule has 1 amide bonds. The number of rotatable bonds is 2. The van der Waals surface area contributed by atoms with Crippen LogP contribution < -0.4 is 0 Å². The van der Waals surface area contributed by atoms with E-state index in [-0.39, 0.29) is 30.0 Å². The lowest BCUT2D eigenvalue weighted by molar-refractivity contribution is -0.0463. The maximum atomic E-state index is 12.7. The van der Waals surface area contributed by atoms with Crippen molar-refractivity contribution < 1.29 is 14.6 Å². The third kappa shape index (κ3) is 2.83. The maximum Gasteiger partial charge on any atom is 0.409 e. The van der Waals surface area contributed by atoms with Gasteiger partial charge in [-0.1, -0.05) is 55.0 Å². The van der Waals surface area contributed by atoms with Crippen LogP contribution in [0.1, 0.15) is 36.3 Å². The molecule has 5 rings (SSSR count). The van der Waals surface area contributed by atoms with E-state index in [0.717, 1.165) is 19.3 Å². The molecule has 3 aliphatic rings. The maximum absolute atomic E-state index is 12.7. The number of hydrogen-bond donors (Lipinski definition) is 1. The van der Waals surface area contributed by atoms with Crippen LogP contribution in [0.2, 0.25) is 0 Å². The van der Waals surface area contributed by atoms with Crippen molar-refractivity contribution in [3.05, 3.63) is 59.7 Å². The van der Waals surface area contributed by atoms with Gasteiger partial charge in [0, 0.05) is 30.8 Å². The van der Waals surface area contributed by atoms with Crippen LogP contribution in [0.15, 0.2) is 48.5 Å². The van der Waals surface area contributed by atoms with Crippen molar-refractivity contribution in [2.45, 2.75) is 31.3 Å². The third-order valence-corrected chi connectivity index (χ3v) is 6.62. The SMILES string of the molecule is O=C(OCC1c2ccccc2-c2ccccc21)N1CC2CCCC(C1)C2O. The molecule has 2 fully saturated rings. The second kappa shape index (κ2) is 6.68. The number of benzene rings is 2. The van der Waals surface area contributed by atoms with Gasteiger partial charge in [0.25, 0.3) is 0 Å². The van der Waals surface area contributed by atoms with Gasteiger partial charge in [0.2, 0.25) is 0 Å². The van der Waals surface area contributed by atoms with Crippen molar-refractivity contribution in [1.82, 2.24) is 4.90 Å². The van der Waals surface area contributed by atoms with E-state index in [1.807, 2.05) is 17.0 Å². The largest absolute Gasteiger partial charge is 0.448 e. The fraction of sp³-hybridized carbons (Fsp3) is 0.435. The summed E-state index contributed by atoms with van der Waals surface area (Å²) in [6.07, 6.45) is 2.68. The third-order valence-electron chi connectivity index (χ3n) is 6.62. The minimum absolute atomic E-state index is 0.0937. The minimum atomic E-state index is -0.253. The van der Waals surface area contributed by atoms with Gasteiger partial charge in [0.1, 0.15) is 6.61 Å². The summed E-state index contributed by atoms with van der Waals surface area (Å²) in [5.41, 5.74) is 4.95. The van der Waals surface area contributed by atoms with Crippen molar-refractivity contribution >= 4 is 6.09 Å². The average Bonchev–Trinajstić information content (AvgIpc) is 3.00. The molecule has 27 heavy (non-hydrogen) atoms. The monoisotopic (exact) mass is 363 g/mol. The lowest BCUT2D eigenvalue weighted by atomic mass is 9.75. The quantitative estimate of drug-likeness (QED) is 0.876. The second-order valence-corrected chi connectivity index (χ2v) is 8.15. The number of piperidine rings is 1. The summed E-state index contributed by atoms with van der Waals surface area (Å²) in [4.78, 5) is 14.6. The Morgan fingerprint density at radius 2 is 1.52 bits per heavy atom. The van der Waals surface area contributed by atoms with E-state index in [1.165, 1.54) is 22.3 Å². The van der Waals surface area contributed by atoms with Crippen molar-refractivity contribution in [2.24, 2.45) is 11.8 Å². The molecule has 2 atom stereocenters. The Morgan fingerprint density at radius 3 is 2.11 bits per heavy atom. The molecule has 1 saturated carbocycles. The first-order chi connectivity index (χ1) is 13.2. The van der Waals surface area contributed by atoms with Gasteiger partial charge in [-0.2, -0.15) is 0 Å². The van der Waals surface area contributed by atoms with Gasteiger partial charge in [0.15, 0.2) is 0 Å². The Balaban J connectivity index is 1.31. The molecule has 2 aliphatic carbocycles. The summed E-state index contributed by atoms with van der Waals surface area (Å²) in [6, 6.07) is 16.8. The fourth-order valence-electron chi connectivity index (χ4n) is 5.24.